The van der Waals surface area contributed by atoms with E-state index in [1.54, 1.807) is 0 Å². The number of hydrogen-bond acceptors (Lipinski definition) is 5. The lowest BCUT2D eigenvalue weighted by Crippen LogP contribution is -2.25. The Balaban J connectivity index is 2.51. The standard InChI is InChI=1S/C13H23FN4S/c1-4-7-15-13-16-10-11(14)12(17-13)19-9-8-18(5-2)6-3/h10H,4-9H2,1-3H3,(H,15,16,17). The lowest BCUT2D eigenvalue weighted by atomic mass is 10.5. The van der Waals surface area contributed by atoms with Crippen molar-refractivity contribution < 1.29 is 4.39 Å². The van der Waals surface area contributed by atoms with Crippen molar-refractivity contribution in [3.8, 4) is 0 Å². The van der Waals surface area contributed by atoms with Crippen LogP contribution in [0.3, 0.4) is 0 Å². The first-order valence-electron chi connectivity index (χ1n) is 6.82. The van der Waals surface area contributed by atoms with E-state index in [9.17, 15) is 4.39 Å². The van der Waals surface area contributed by atoms with Gasteiger partial charge in [-0.25, -0.2) is 14.4 Å². The summed E-state index contributed by atoms with van der Waals surface area (Å²) < 4.78 is 13.6. The first-order chi connectivity index (χ1) is 9.21. The van der Waals surface area contributed by atoms with Crippen molar-refractivity contribution >= 4 is 17.7 Å². The van der Waals surface area contributed by atoms with Gasteiger partial charge < -0.3 is 10.2 Å². The minimum atomic E-state index is -0.341. The molecule has 108 valence electrons. The van der Waals surface area contributed by atoms with Crippen LogP contribution in [-0.2, 0) is 0 Å². The highest BCUT2D eigenvalue weighted by molar-refractivity contribution is 7.99. The smallest absolute Gasteiger partial charge is 0.223 e. The zero-order valence-electron chi connectivity index (χ0n) is 11.9. The Labute approximate surface area is 119 Å². The summed E-state index contributed by atoms with van der Waals surface area (Å²) in [4.78, 5) is 10.4. The van der Waals surface area contributed by atoms with Gasteiger partial charge in [0.2, 0.25) is 5.95 Å². The Hall–Kier alpha value is -0.880. The lowest BCUT2D eigenvalue weighted by molar-refractivity contribution is 0.324. The van der Waals surface area contributed by atoms with Gasteiger partial charge in [0.25, 0.3) is 0 Å². The molecule has 1 aromatic heterocycles. The predicted molar refractivity (Wildman–Crippen MR) is 79.3 cm³/mol. The molecule has 0 aliphatic rings. The normalized spacial score (nSPS) is 11.0. The molecule has 0 aliphatic heterocycles. The summed E-state index contributed by atoms with van der Waals surface area (Å²) in [5.74, 6) is 1.00. The van der Waals surface area contributed by atoms with Crippen LogP contribution >= 0.6 is 11.8 Å². The number of thioether (sulfide) groups is 1. The van der Waals surface area contributed by atoms with Crippen molar-refractivity contribution in [2.24, 2.45) is 0 Å². The quantitative estimate of drug-likeness (QED) is 0.558. The van der Waals surface area contributed by atoms with Crippen LogP contribution in [0.1, 0.15) is 27.2 Å². The maximum absolute atomic E-state index is 13.6. The van der Waals surface area contributed by atoms with Crippen molar-refractivity contribution in [2.45, 2.75) is 32.2 Å². The van der Waals surface area contributed by atoms with Gasteiger partial charge in [-0.05, 0) is 19.5 Å². The van der Waals surface area contributed by atoms with E-state index in [2.05, 4.69) is 41.0 Å². The largest absolute Gasteiger partial charge is 0.354 e. The summed E-state index contributed by atoms with van der Waals surface area (Å²) in [5, 5.41) is 3.50. The Morgan fingerprint density at radius 3 is 2.68 bits per heavy atom. The molecule has 1 rings (SSSR count). The van der Waals surface area contributed by atoms with E-state index in [4.69, 9.17) is 0 Å². The summed E-state index contributed by atoms with van der Waals surface area (Å²) in [5.41, 5.74) is 0. The summed E-state index contributed by atoms with van der Waals surface area (Å²) >= 11 is 1.45. The van der Waals surface area contributed by atoms with Gasteiger partial charge in [0, 0.05) is 18.8 Å². The Kier molecular flexibility index (Phi) is 7.74. The Morgan fingerprint density at radius 1 is 1.32 bits per heavy atom. The minimum Gasteiger partial charge on any atom is -0.354 e. The number of rotatable bonds is 9. The van der Waals surface area contributed by atoms with Gasteiger partial charge in [0.15, 0.2) is 5.82 Å². The summed E-state index contributed by atoms with van der Waals surface area (Å²) in [6.45, 7) is 10.1. The van der Waals surface area contributed by atoms with E-state index in [0.717, 1.165) is 38.4 Å². The van der Waals surface area contributed by atoms with Gasteiger partial charge in [-0.15, -0.1) is 11.8 Å². The van der Waals surface area contributed by atoms with Crippen molar-refractivity contribution in [1.29, 1.82) is 0 Å². The van der Waals surface area contributed by atoms with Crippen molar-refractivity contribution in [2.75, 3.05) is 37.2 Å². The van der Waals surface area contributed by atoms with Crippen LogP contribution < -0.4 is 5.32 Å². The maximum Gasteiger partial charge on any atom is 0.223 e. The van der Waals surface area contributed by atoms with Crippen LogP contribution in [0.15, 0.2) is 11.2 Å². The van der Waals surface area contributed by atoms with E-state index in [1.807, 2.05) is 0 Å². The molecule has 0 atom stereocenters. The zero-order valence-corrected chi connectivity index (χ0v) is 12.8. The second-order valence-electron chi connectivity index (χ2n) is 4.15. The number of hydrogen-bond donors (Lipinski definition) is 1. The van der Waals surface area contributed by atoms with E-state index in [-0.39, 0.29) is 5.82 Å². The van der Waals surface area contributed by atoms with Crippen molar-refractivity contribution in [3.05, 3.63) is 12.0 Å². The third-order valence-corrected chi connectivity index (χ3v) is 3.73. The molecular weight excluding hydrogens is 263 g/mol. The maximum atomic E-state index is 13.6. The average molecular weight is 286 g/mol. The van der Waals surface area contributed by atoms with E-state index in [1.165, 1.54) is 18.0 Å². The third-order valence-electron chi connectivity index (χ3n) is 2.79. The molecule has 0 bridgehead atoms. The molecular formula is C13H23FN4S. The molecule has 1 N–H and O–H groups in total. The molecule has 0 saturated heterocycles. The van der Waals surface area contributed by atoms with Crippen LogP contribution in [-0.4, -0.2) is 46.8 Å². The highest BCUT2D eigenvalue weighted by atomic mass is 32.2. The molecule has 0 aliphatic carbocycles. The lowest BCUT2D eigenvalue weighted by Gasteiger charge is -2.17. The molecule has 4 nitrogen and oxygen atoms in total. The first kappa shape index (κ1) is 16.2. The Morgan fingerprint density at radius 2 is 2.05 bits per heavy atom. The SMILES string of the molecule is CCCNc1ncc(F)c(SCCN(CC)CC)n1. The van der Waals surface area contributed by atoms with Gasteiger partial charge in [-0.2, -0.15) is 0 Å². The second-order valence-corrected chi connectivity index (χ2v) is 5.23. The van der Waals surface area contributed by atoms with Crippen LogP contribution in [0.2, 0.25) is 0 Å². The van der Waals surface area contributed by atoms with E-state index in [0.29, 0.717) is 11.0 Å². The summed E-state index contributed by atoms with van der Waals surface area (Å²) in [7, 11) is 0. The predicted octanol–water partition coefficient (Wildman–Crippen LogP) is 2.87. The number of nitrogens with one attached hydrogen (secondary N) is 1. The fourth-order valence-electron chi connectivity index (χ4n) is 1.59. The molecule has 1 heterocycles. The fraction of sp³-hybridized carbons (Fsp3) is 0.692. The van der Waals surface area contributed by atoms with Gasteiger partial charge in [0.05, 0.1) is 6.20 Å². The zero-order chi connectivity index (χ0) is 14.1. The van der Waals surface area contributed by atoms with E-state index >= 15 is 0 Å². The number of halogens is 1. The van der Waals surface area contributed by atoms with Gasteiger partial charge in [-0.1, -0.05) is 20.8 Å². The topological polar surface area (TPSA) is 41.1 Å². The summed E-state index contributed by atoms with van der Waals surface area (Å²) in [6.07, 6.45) is 2.23. The molecule has 0 spiro atoms. The molecule has 19 heavy (non-hydrogen) atoms. The van der Waals surface area contributed by atoms with Crippen LogP contribution in [0.4, 0.5) is 10.3 Å². The molecule has 0 fully saturated rings. The molecule has 0 amide bonds. The molecule has 0 aromatic carbocycles. The molecule has 1 aromatic rings. The monoisotopic (exact) mass is 286 g/mol. The number of anilines is 1. The van der Waals surface area contributed by atoms with Crippen LogP contribution in [0.25, 0.3) is 0 Å². The number of nitrogens with zero attached hydrogens (tertiary/aromatic N) is 3. The summed E-state index contributed by atoms with van der Waals surface area (Å²) in [6, 6.07) is 0. The van der Waals surface area contributed by atoms with Crippen LogP contribution in [0.5, 0.6) is 0 Å². The third kappa shape index (κ3) is 5.74. The number of aromatic nitrogens is 2. The average Bonchev–Trinajstić information content (AvgIpc) is 2.44. The molecule has 0 radical (unpaired) electrons. The van der Waals surface area contributed by atoms with Gasteiger partial charge in [0.1, 0.15) is 5.03 Å². The van der Waals surface area contributed by atoms with Crippen LogP contribution in [0, 0.1) is 5.82 Å². The fourth-order valence-corrected chi connectivity index (χ4v) is 2.47. The highest BCUT2D eigenvalue weighted by Gasteiger charge is 2.08. The Bertz CT molecular complexity index is 372. The van der Waals surface area contributed by atoms with Crippen molar-refractivity contribution in [3.63, 3.8) is 0 Å². The molecule has 0 saturated carbocycles. The second kappa shape index (κ2) is 9.09. The van der Waals surface area contributed by atoms with Crippen molar-refractivity contribution in [1.82, 2.24) is 14.9 Å². The highest BCUT2D eigenvalue weighted by Crippen LogP contribution is 2.20. The van der Waals surface area contributed by atoms with Gasteiger partial charge in [-0.3, -0.25) is 0 Å². The van der Waals surface area contributed by atoms with Gasteiger partial charge >= 0.3 is 0 Å². The molecule has 6 heteroatoms. The minimum absolute atomic E-state index is 0.341. The van der Waals surface area contributed by atoms with E-state index < -0.39 is 0 Å². The molecule has 0 unspecified atom stereocenters. The first-order valence-corrected chi connectivity index (χ1v) is 7.81.